The first-order valence-corrected chi connectivity index (χ1v) is 5.55. The Morgan fingerprint density at radius 1 is 1.39 bits per heavy atom. The quantitative estimate of drug-likeness (QED) is 0.329. The molecule has 104 valence electrons. The van der Waals surface area contributed by atoms with Gasteiger partial charge >= 0.3 is 18.0 Å². The second-order valence-electron chi connectivity index (χ2n) is 3.55. The molecule has 0 rings (SSSR count). The van der Waals surface area contributed by atoms with E-state index in [1.54, 1.807) is 0 Å². The van der Waals surface area contributed by atoms with E-state index in [4.69, 9.17) is 10.8 Å². The molecule has 0 fully saturated rings. The van der Waals surface area contributed by atoms with Crippen molar-refractivity contribution in [3.05, 3.63) is 0 Å². The third-order valence-corrected chi connectivity index (χ3v) is 2.13. The normalized spacial score (nSPS) is 11.4. The molecule has 5 N–H and O–H groups in total. The maximum Gasteiger partial charge on any atom is 0.326 e. The number of carbonyl (C=O) groups excluding carboxylic acids is 2. The highest BCUT2D eigenvalue weighted by Crippen LogP contribution is 1.99. The molecular formula is C10H19N3O5. The van der Waals surface area contributed by atoms with Crippen LogP contribution in [0.25, 0.3) is 0 Å². The number of methoxy groups -OCH3 is 1. The first-order chi connectivity index (χ1) is 8.51. The molecule has 0 heterocycles. The number of carboxylic acids is 1. The number of urea groups is 1. The molecule has 1 atom stereocenters. The first-order valence-electron chi connectivity index (χ1n) is 5.55. The molecule has 0 aliphatic carbocycles. The number of nitrogens with one attached hydrogen (secondary N) is 2. The summed E-state index contributed by atoms with van der Waals surface area (Å²) in [6, 6.07) is -1.72. The number of aliphatic carboxylic acids is 1. The summed E-state index contributed by atoms with van der Waals surface area (Å²) in [6.07, 6.45) is 0.510. The van der Waals surface area contributed by atoms with Crippen LogP contribution in [0.1, 0.15) is 19.3 Å². The highest BCUT2D eigenvalue weighted by Gasteiger charge is 2.20. The van der Waals surface area contributed by atoms with Gasteiger partial charge in [0.1, 0.15) is 6.04 Å². The van der Waals surface area contributed by atoms with E-state index in [1.807, 2.05) is 0 Å². The number of amides is 2. The Bertz CT molecular complexity index is 295. The van der Waals surface area contributed by atoms with Crippen molar-refractivity contribution in [1.82, 2.24) is 10.6 Å². The Hall–Kier alpha value is -1.83. The van der Waals surface area contributed by atoms with E-state index < -0.39 is 24.0 Å². The Balaban J connectivity index is 4.06. The molecule has 0 aliphatic rings. The summed E-state index contributed by atoms with van der Waals surface area (Å²) in [5.41, 5.74) is 5.24. The van der Waals surface area contributed by atoms with Crippen LogP contribution >= 0.6 is 0 Å². The van der Waals surface area contributed by atoms with Crippen molar-refractivity contribution < 1.29 is 24.2 Å². The van der Waals surface area contributed by atoms with Crippen LogP contribution in [-0.4, -0.2) is 49.3 Å². The van der Waals surface area contributed by atoms with Gasteiger partial charge in [0.2, 0.25) is 0 Å². The van der Waals surface area contributed by atoms with E-state index in [9.17, 15) is 14.4 Å². The molecule has 0 spiro atoms. The van der Waals surface area contributed by atoms with Gasteiger partial charge in [0.05, 0.1) is 7.11 Å². The maximum atomic E-state index is 11.3. The molecule has 2 amide bonds. The highest BCUT2D eigenvalue weighted by molar-refractivity contribution is 5.83. The summed E-state index contributed by atoms with van der Waals surface area (Å²) < 4.78 is 4.39. The lowest BCUT2D eigenvalue weighted by Gasteiger charge is -2.14. The fourth-order valence-electron chi connectivity index (χ4n) is 1.13. The van der Waals surface area contributed by atoms with Crippen LogP contribution in [0.15, 0.2) is 0 Å². The Morgan fingerprint density at radius 3 is 2.56 bits per heavy atom. The molecule has 0 aromatic rings. The van der Waals surface area contributed by atoms with Gasteiger partial charge in [-0.05, 0) is 19.4 Å². The number of carboxylic acid groups (broad SMARTS) is 1. The molecule has 8 heteroatoms. The molecule has 0 saturated heterocycles. The predicted octanol–water partition coefficient (Wildman–Crippen LogP) is -0.959. The minimum Gasteiger partial charge on any atom is -0.480 e. The molecule has 0 bridgehead atoms. The lowest BCUT2D eigenvalue weighted by atomic mass is 10.1. The fourth-order valence-corrected chi connectivity index (χ4v) is 1.13. The summed E-state index contributed by atoms with van der Waals surface area (Å²) in [5.74, 6) is -1.72. The van der Waals surface area contributed by atoms with Crippen molar-refractivity contribution in [2.45, 2.75) is 25.3 Å². The van der Waals surface area contributed by atoms with Crippen molar-refractivity contribution in [1.29, 1.82) is 0 Å². The number of hydrogen-bond donors (Lipinski definition) is 4. The van der Waals surface area contributed by atoms with Crippen molar-refractivity contribution in [3.8, 4) is 0 Å². The Morgan fingerprint density at radius 2 is 2.06 bits per heavy atom. The average Bonchev–Trinajstić information content (AvgIpc) is 2.33. The van der Waals surface area contributed by atoms with Gasteiger partial charge in [0, 0.05) is 13.0 Å². The Labute approximate surface area is 105 Å². The third-order valence-electron chi connectivity index (χ3n) is 2.13. The maximum absolute atomic E-state index is 11.3. The van der Waals surface area contributed by atoms with Gasteiger partial charge in [-0.1, -0.05) is 0 Å². The van der Waals surface area contributed by atoms with Crippen LogP contribution in [0.5, 0.6) is 0 Å². The van der Waals surface area contributed by atoms with Crippen LogP contribution in [0.2, 0.25) is 0 Å². The molecule has 0 aromatic carbocycles. The van der Waals surface area contributed by atoms with Gasteiger partial charge < -0.3 is 26.2 Å². The third kappa shape index (κ3) is 7.44. The van der Waals surface area contributed by atoms with E-state index in [0.717, 1.165) is 0 Å². The van der Waals surface area contributed by atoms with Gasteiger partial charge in [0.25, 0.3) is 0 Å². The Kier molecular flexibility index (Phi) is 8.29. The van der Waals surface area contributed by atoms with E-state index in [1.165, 1.54) is 7.11 Å². The largest absolute Gasteiger partial charge is 0.480 e. The number of rotatable bonds is 8. The molecular weight excluding hydrogens is 242 g/mol. The highest BCUT2D eigenvalue weighted by atomic mass is 16.5. The summed E-state index contributed by atoms with van der Waals surface area (Å²) in [7, 11) is 1.21. The molecule has 0 saturated carbocycles. The number of carbonyl (C=O) groups is 3. The predicted molar refractivity (Wildman–Crippen MR) is 62.9 cm³/mol. The van der Waals surface area contributed by atoms with E-state index in [2.05, 4.69) is 15.4 Å². The zero-order valence-corrected chi connectivity index (χ0v) is 10.3. The number of hydrogen-bond acceptors (Lipinski definition) is 5. The average molecular weight is 261 g/mol. The van der Waals surface area contributed by atoms with Crippen LogP contribution in [0.3, 0.4) is 0 Å². The zero-order chi connectivity index (χ0) is 14.0. The molecule has 0 unspecified atom stereocenters. The second-order valence-corrected chi connectivity index (χ2v) is 3.55. The zero-order valence-electron chi connectivity index (χ0n) is 10.3. The summed E-state index contributed by atoms with van der Waals surface area (Å²) in [5, 5.41) is 13.6. The summed E-state index contributed by atoms with van der Waals surface area (Å²) >= 11 is 0. The van der Waals surface area contributed by atoms with E-state index in [0.29, 0.717) is 19.5 Å². The molecule has 0 aliphatic heterocycles. The first kappa shape index (κ1) is 16.2. The molecule has 18 heavy (non-hydrogen) atoms. The van der Waals surface area contributed by atoms with Crippen LogP contribution in [0.4, 0.5) is 4.79 Å². The molecule has 8 nitrogen and oxygen atoms in total. The SMILES string of the molecule is COC(=O)CC[C@H](NC(=O)NCCCN)C(=O)O. The van der Waals surface area contributed by atoms with Gasteiger partial charge in [-0.25, -0.2) is 9.59 Å². The van der Waals surface area contributed by atoms with Crippen LogP contribution in [0, 0.1) is 0 Å². The topological polar surface area (TPSA) is 131 Å². The lowest BCUT2D eigenvalue weighted by molar-refractivity contribution is -0.142. The fraction of sp³-hybridized carbons (Fsp3) is 0.700. The number of nitrogens with two attached hydrogens (primary N) is 1. The van der Waals surface area contributed by atoms with Crippen molar-refractivity contribution in [2.24, 2.45) is 5.73 Å². The van der Waals surface area contributed by atoms with Gasteiger partial charge in [-0.3, -0.25) is 4.79 Å². The summed E-state index contributed by atoms with van der Waals surface area (Å²) in [4.78, 5) is 33.0. The molecule has 0 radical (unpaired) electrons. The molecule has 0 aromatic heterocycles. The van der Waals surface area contributed by atoms with Gasteiger partial charge in [-0.2, -0.15) is 0 Å². The smallest absolute Gasteiger partial charge is 0.326 e. The van der Waals surface area contributed by atoms with E-state index >= 15 is 0 Å². The van der Waals surface area contributed by atoms with Crippen LogP contribution < -0.4 is 16.4 Å². The van der Waals surface area contributed by atoms with Gasteiger partial charge in [0.15, 0.2) is 0 Å². The standard InChI is InChI=1S/C10H19N3O5/c1-18-8(14)4-3-7(9(15)16)13-10(17)12-6-2-5-11/h7H,2-6,11H2,1H3,(H,15,16)(H2,12,13,17)/t7-/m0/s1. The van der Waals surface area contributed by atoms with E-state index in [-0.39, 0.29) is 12.8 Å². The monoisotopic (exact) mass is 261 g/mol. The van der Waals surface area contributed by atoms with Crippen molar-refractivity contribution in [3.63, 3.8) is 0 Å². The minimum atomic E-state index is -1.20. The number of esters is 1. The lowest BCUT2D eigenvalue weighted by Crippen LogP contribution is -2.46. The minimum absolute atomic E-state index is 0.0215. The second kappa shape index (κ2) is 9.23. The summed E-state index contributed by atoms with van der Waals surface area (Å²) in [6.45, 7) is 0.802. The number of ether oxygens (including phenoxy) is 1. The van der Waals surface area contributed by atoms with Crippen molar-refractivity contribution >= 4 is 18.0 Å². The van der Waals surface area contributed by atoms with Crippen LogP contribution in [-0.2, 0) is 14.3 Å². The van der Waals surface area contributed by atoms with Gasteiger partial charge in [-0.15, -0.1) is 0 Å². The van der Waals surface area contributed by atoms with Crippen molar-refractivity contribution in [2.75, 3.05) is 20.2 Å².